The van der Waals surface area contributed by atoms with Crippen LogP contribution >= 0.6 is 34.8 Å². The Hall–Kier alpha value is -2.01. The van der Waals surface area contributed by atoms with Crippen molar-refractivity contribution in [2.45, 2.75) is 13.5 Å². The van der Waals surface area contributed by atoms with Crippen LogP contribution in [0.15, 0.2) is 47.4 Å². The van der Waals surface area contributed by atoms with Gasteiger partial charge < -0.3 is 9.88 Å². The summed E-state index contributed by atoms with van der Waals surface area (Å²) in [6, 6.07) is 10.0. The van der Waals surface area contributed by atoms with Crippen LogP contribution in [0, 0.1) is 0 Å². The zero-order chi connectivity index (χ0) is 18.1. The number of hydrogen-bond acceptors (Lipinski definition) is 2. The summed E-state index contributed by atoms with van der Waals surface area (Å²) in [4.78, 5) is 25.3. The van der Waals surface area contributed by atoms with Gasteiger partial charge in [0.15, 0.2) is 0 Å². The van der Waals surface area contributed by atoms with E-state index in [1.165, 1.54) is 12.1 Å². The van der Waals surface area contributed by atoms with E-state index in [-0.39, 0.29) is 31.7 Å². The second kappa shape index (κ2) is 7.08. The molecule has 0 atom stereocenters. The third-order valence-electron chi connectivity index (χ3n) is 3.83. The van der Waals surface area contributed by atoms with Crippen molar-refractivity contribution in [2.75, 3.05) is 5.32 Å². The Morgan fingerprint density at radius 2 is 1.76 bits per heavy atom. The zero-order valence-electron chi connectivity index (χ0n) is 13.1. The van der Waals surface area contributed by atoms with Crippen molar-refractivity contribution >= 4 is 57.3 Å². The van der Waals surface area contributed by atoms with Gasteiger partial charge in [-0.05, 0) is 31.2 Å². The Balaban J connectivity index is 2.08. The number of rotatable bonds is 3. The molecule has 0 radical (unpaired) electrons. The van der Waals surface area contributed by atoms with Gasteiger partial charge >= 0.3 is 0 Å². The molecule has 3 rings (SSSR count). The van der Waals surface area contributed by atoms with Crippen molar-refractivity contribution in [3.05, 3.63) is 73.4 Å². The van der Waals surface area contributed by atoms with Crippen molar-refractivity contribution in [3.63, 3.8) is 0 Å². The number of para-hydroxylation sites is 1. The lowest BCUT2D eigenvalue weighted by atomic mass is 10.1. The molecule has 128 valence electrons. The molecule has 0 unspecified atom stereocenters. The molecule has 1 N–H and O–H groups in total. The Kier molecular flexibility index (Phi) is 5.04. The van der Waals surface area contributed by atoms with Gasteiger partial charge in [-0.3, -0.25) is 9.59 Å². The molecule has 1 heterocycles. The van der Waals surface area contributed by atoms with Gasteiger partial charge in [0.2, 0.25) is 5.43 Å². The van der Waals surface area contributed by atoms with Gasteiger partial charge in [0.05, 0.1) is 26.3 Å². The number of hydrogen-bond donors (Lipinski definition) is 1. The lowest BCUT2D eigenvalue weighted by Gasteiger charge is -2.12. The Morgan fingerprint density at radius 3 is 2.48 bits per heavy atom. The Morgan fingerprint density at radius 1 is 1.08 bits per heavy atom. The minimum Gasteiger partial charge on any atom is -0.347 e. The summed E-state index contributed by atoms with van der Waals surface area (Å²) in [5.74, 6) is -0.557. The number of aryl methyl sites for hydroxylation is 1. The smallest absolute Gasteiger partial charge is 0.261 e. The highest BCUT2D eigenvalue weighted by molar-refractivity contribution is 6.44. The average Bonchev–Trinajstić information content (AvgIpc) is 2.60. The number of halogens is 3. The van der Waals surface area contributed by atoms with E-state index >= 15 is 0 Å². The standard InChI is InChI=1S/C18H13Cl3N2O2/c1-2-23-9-11(17(24)10-5-3-4-6-16(10)23)18(25)22-15-8-13(20)12(19)7-14(15)21/h3-9H,2H2,1H3,(H,22,25). The highest BCUT2D eigenvalue weighted by atomic mass is 35.5. The lowest BCUT2D eigenvalue weighted by Crippen LogP contribution is -2.24. The van der Waals surface area contributed by atoms with E-state index < -0.39 is 5.91 Å². The van der Waals surface area contributed by atoms with Gasteiger partial charge in [-0.25, -0.2) is 0 Å². The monoisotopic (exact) mass is 394 g/mol. The van der Waals surface area contributed by atoms with Crippen molar-refractivity contribution in [1.82, 2.24) is 4.57 Å². The largest absolute Gasteiger partial charge is 0.347 e. The molecule has 25 heavy (non-hydrogen) atoms. The molecule has 2 aromatic carbocycles. The van der Waals surface area contributed by atoms with Crippen LogP contribution in [-0.2, 0) is 6.54 Å². The van der Waals surface area contributed by atoms with Crippen LogP contribution in [0.2, 0.25) is 15.1 Å². The van der Waals surface area contributed by atoms with Crippen LogP contribution in [0.1, 0.15) is 17.3 Å². The molecular weight excluding hydrogens is 383 g/mol. The first kappa shape index (κ1) is 17.8. The number of anilines is 1. The summed E-state index contributed by atoms with van der Waals surface area (Å²) >= 11 is 17.9. The van der Waals surface area contributed by atoms with Gasteiger partial charge in [0, 0.05) is 18.1 Å². The maximum absolute atomic E-state index is 12.7. The molecule has 0 aliphatic heterocycles. The fourth-order valence-electron chi connectivity index (χ4n) is 2.58. The number of nitrogens with zero attached hydrogens (tertiary/aromatic N) is 1. The second-order valence-corrected chi connectivity index (χ2v) is 6.60. The molecule has 0 spiro atoms. The number of benzene rings is 2. The van der Waals surface area contributed by atoms with E-state index in [1.807, 2.05) is 23.6 Å². The van der Waals surface area contributed by atoms with E-state index in [4.69, 9.17) is 34.8 Å². The summed E-state index contributed by atoms with van der Waals surface area (Å²) in [6.07, 6.45) is 1.55. The maximum atomic E-state index is 12.7. The number of amides is 1. The normalized spacial score (nSPS) is 10.9. The first-order valence-corrected chi connectivity index (χ1v) is 8.63. The first-order valence-electron chi connectivity index (χ1n) is 7.50. The summed E-state index contributed by atoms with van der Waals surface area (Å²) in [5.41, 5.74) is 0.757. The molecule has 7 heteroatoms. The molecule has 0 fully saturated rings. The molecule has 1 amide bonds. The Labute approximate surface area is 158 Å². The van der Waals surface area contributed by atoms with E-state index in [0.29, 0.717) is 11.9 Å². The summed E-state index contributed by atoms with van der Waals surface area (Å²) in [5, 5.41) is 3.88. The average molecular weight is 396 g/mol. The lowest BCUT2D eigenvalue weighted by molar-refractivity contribution is 0.102. The summed E-state index contributed by atoms with van der Waals surface area (Å²) < 4.78 is 1.85. The SMILES string of the molecule is CCn1cc(C(=O)Nc2cc(Cl)c(Cl)cc2Cl)c(=O)c2ccccc21. The van der Waals surface area contributed by atoms with Crippen molar-refractivity contribution in [1.29, 1.82) is 0 Å². The Bertz CT molecular complexity index is 1040. The second-order valence-electron chi connectivity index (χ2n) is 5.38. The van der Waals surface area contributed by atoms with Crippen LogP contribution < -0.4 is 10.7 Å². The van der Waals surface area contributed by atoms with Crippen LogP contribution in [-0.4, -0.2) is 10.5 Å². The predicted octanol–water partition coefficient (Wildman–Crippen LogP) is 5.23. The topological polar surface area (TPSA) is 51.1 Å². The first-order chi connectivity index (χ1) is 11.9. The molecule has 0 aliphatic carbocycles. The van der Waals surface area contributed by atoms with E-state index in [1.54, 1.807) is 18.3 Å². The minimum absolute atomic E-state index is 0.0303. The number of nitrogens with one attached hydrogen (secondary N) is 1. The highest BCUT2D eigenvalue weighted by Crippen LogP contribution is 2.32. The van der Waals surface area contributed by atoms with Crippen molar-refractivity contribution in [2.24, 2.45) is 0 Å². The molecule has 0 saturated heterocycles. The van der Waals surface area contributed by atoms with Crippen molar-refractivity contribution < 1.29 is 4.79 Å². The van der Waals surface area contributed by atoms with E-state index in [0.717, 1.165) is 5.52 Å². The maximum Gasteiger partial charge on any atom is 0.261 e. The zero-order valence-corrected chi connectivity index (χ0v) is 15.4. The van der Waals surface area contributed by atoms with Crippen LogP contribution in [0.4, 0.5) is 5.69 Å². The quantitative estimate of drug-likeness (QED) is 0.617. The van der Waals surface area contributed by atoms with Crippen LogP contribution in [0.3, 0.4) is 0 Å². The fourth-order valence-corrected chi connectivity index (χ4v) is 3.17. The predicted molar refractivity (Wildman–Crippen MR) is 103 cm³/mol. The molecule has 0 aliphatic rings. The number of carbonyl (C=O) groups is 1. The number of carbonyl (C=O) groups excluding carboxylic acids is 1. The third-order valence-corrected chi connectivity index (χ3v) is 4.87. The van der Waals surface area contributed by atoms with Gasteiger partial charge in [-0.1, -0.05) is 46.9 Å². The molecule has 0 bridgehead atoms. The van der Waals surface area contributed by atoms with Gasteiger partial charge in [-0.15, -0.1) is 0 Å². The molecule has 4 nitrogen and oxygen atoms in total. The van der Waals surface area contributed by atoms with Crippen LogP contribution in [0.25, 0.3) is 10.9 Å². The highest BCUT2D eigenvalue weighted by Gasteiger charge is 2.17. The number of fused-ring (bicyclic) bond motifs is 1. The van der Waals surface area contributed by atoms with E-state index in [2.05, 4.69) is 5.32 Å². The summed E-state index contributed by atoms with van der Waals surface area (Å²) in [6.45, 7) is 2.56. The van der Waals surface area contributed by atoms with Gasteiger partial charge in [0.25, 0.3) is 5.91 Å². The van der Waals surface area contributed by atoms with Crippen molar-refractivity contribution in [3.8, 4) is 0 Å². The number of pyridine rings is 1. The van der Waals surface area contributed by atoms with Gasteiger partial charge in [0.1, 0.15) is 5.56 Å². The minimum atomic E-state index is -0.557. The van der Waals surface area contributed by atoms with E-state index in [9.17, 15) is 9.59 Å². The van der Waals surface area contributed by atoms with Gasteiger partial charge in [-0.2, -0.15) is 0 Å². The molecular formula is C18H13Cl3N2O2. The van der Waals surface area contributed by atoms with Crippen LogP contribution in [0.5, 0.6) is 0 Å². The third kappa shape index (κ3) is 3.38. The molecule has 1 aromatic heterocycles. The number of aromatic nitrogens is 1. The fraction of sp³-hybridized carbons (Fsp3) is 0.111. The summed E-state index contributed by atoms with van der Waals surface area (Å²) in [7, 11) is 0. The molecule has 3 aromatic rings. The molecule has 0 saturated carbocycles.